The molecule has 0 bridgehead atoms. The van der Waals surface area contributed by atoms with Crippen LogP contribution in [-0.2, 0) is 4.79 Å². The van der Waals surface area contributed by atoms with E-state index in [1.165, 1.54) is 0 Å². The quantitative estimate of drug-likeness (QED) is 0.544. The van der Waals surface area contributed by atoms with Crippen LogP contribution in [0, 0.1) is 0 Å². The molecule has 0 amide bonds. The topological polar surface area (TPSA) is 17.1 Å². The molecule has 0 aromatic carbocycles. The molecule has 0 aliphatic rings. The fourth-order valence-corrected chi connectivity index (χ4v) is 1.22. The van der Waals surface area contributed by atoms with Crippen molar-refractivity contribution in [3.8, 4) is 0 Å². The van der Waals surface area contributed by atoms with Crippen LogP contribution in [0.4, 0.5) is 0 Å². The fraction of sp³-hybridized carbons (Fsp3) is 0.833. The van der Waals surface area contributed by atoms with Crippen molar-refractivity contribution in [1.82, 2.24) is 0 Å². The normalized spacial score (nSPS) is 11.4. The summed E-state index contributed by atoms with van der Waals surface area (Å²) in [6.45, 7) is 5.90. The van der Waals surface area contributed by atoms with Crippen LogP contribution in [-0.4, -0.2) is 16.8 Å². The summed E-state index contributed by atoms with van der Waals surface area (Å²) in [6, 6.07) is 0. The van der Waals surface area contributed by atoms with E-state index in [0.717, 1.165) is 12.0 Å². The van der Waals surface area contributed by atoms with Gasteiger partial charge in [-0.05, 0) is 19.6 Å². The first-order valence-electron chi connectivity index (χ1n) is 2.72. The number of rotatable bonds is 3. The zero-order valence-electron chi connectivity index (χ0n) is 5.60. The maximum atomic E-state index is 10.2. The summed E-state index contributed by atoms with van der Waals surface area (Å²) < 4.78 is -0.172. The van der Waals surface area contributed by atoms with Gasteiger partial charge < -0.3 is 4.79 Å². The van der Waals surface area contributed by atoms with Crippen molar-refractivity contribution in [1.29, 1.82) is 0 Å². The van der Waals surface area contributed by atoms with E-state index in [0.29, 0.717) is 0 Å². The van der Waals surface area contributed by atoms with Crippen molar-refractivity contribution < 1.29 is 4.79 Å². The van der Waals surface area contributed by atoms with E-state index < -0.39 is 0 Å². The van der Waals surface area contributed by atoms with Crippen molar-refractivity contribution in [3.05, 3.63) is 0 Å². The van der Waals surface area contributed by atoms with Crippen LogP contribution in [0.2, 0.25) is 0 Å². The second-order valence-corrected chi connectivity index (χ2v) is 4.07. The first-order valence-corrected chi connectivity index (χ1v) is 3.71. The zero-order chi connectivity index (χ0) is 6.62. The molecule has 0 rings (SSSR count). The second-order valence-electron chi connectivity index (χ2n) is 2.15. The molecule has 0 atom stereocenters. The minimum atomic E-state index is -0.172. The Morgan fingerprint density at radius 2 is 2.12 bits per heavy atom. The number of aldehydes is 1. The molecule has 48 valence electrons. The third-order valence-corrected chi connectivity index (χ3v) is 1.93. The van der Waals surface area contributed by atoms with Gasteiger partial charge in [-0.2, -0.15) is 0 Å². The lowest BCUT2D eigenvalue weighted by Crippen LogP contribution is -2.15. The van der Waals surface area contributed by atoms with E-state index in [1.807, 2.05) is 13.8 Å². The van der Waals surface area contributed by atoms with Gasteiger partial charge in [-0.15, -0.1) is 11.8 Å². The standard InChI is InChI=1S/C6H12OS/c1-4-8-6(2,3)5-7/h5H,4H2,1-3H3. The molecule has 2 heteroatoms. The minimum absolute atomic E-state index is 0.172. The van der Waals surface area contributed by atoms with Gasteiger partial charge in [-0.1, -0.05) is 6.92 Å². The Balaban J connectivity index is 3.53. The highest BCUT2D eigenvalue weighted by molar-refractivity contribution is 8.01. The molecule has 0 heterocycles. The summed E-state index contributed by atoms with van der Waals surface area (Å²) in [5.41, 5.74) is 0. The number of thioether (sulfide) groups is 1. The van der Waals surface area contributed by atoms with Gasteiger partial charge in [0.15, 0.2) is 0 Å². The summed E-state index contributed by atoms with van der Waals surface area (Å²) in [4.78, 5) is 10.2. The lowest BCUT2D eigenvalue weighted by molar-refractivity contribution is -0.109. The van der Waals surface area contributed by atoms with Gasteiger partial charge in [0.05, 0.1) is 4.75 Å². The third kappa shape index (κ3) is 3.08. The van der Waals surface area contributed by atoms with Gasteiger partial charge in [0, 0.05) is 0 Å². The highest BCUT2D eigenvalue weighted by Crippen LogP contribution is 2.20. The Labute approximate surface area is 54.8 Å². The number of carbonyl (C=O) groups excluding carboxylic acids is 1. The van der Waals surface area contributed by atoms with Crippen LogP contribution in [0.25, 0.3) is 0 Å². The molecule has 0 aliphatic carbocycles. The lowest BCUT2D eigenvalue weighted by Gasteiger charge is -2.13. The second kappa shape index (κ2) is 3.13. The Morgan fingerprint density at radius 3 is 2.25 bits per heavy atom. The molecule has 0 aliphatic heterocycles. The molecule has 0 aromatic rings. The average Bonchev–Trinajstić information content (AvgIpc) is 1.67. The molecular formula is C6H12OS. The minimum Gasteiger partial charge on any atom is -0.302 e. The third-order valence-electron chi connectivity index (χ3n) is 0.800. The van der Waals surface area contributed by atoms with Crippen LogP contribution in [0.1, 0.15) is 20.8 Å². The number of carbonyl (C=O) groups is 1. The van der Waals surface area contributed by atoms with Crippen molar-refractivity contribution >= 4 is 18.0 Å². The highest BCUT2D eigenvalue weighted by Gasteiger charge is 2.14. The van der Waals surface area contributed by atoms with Crippen LogP contribution >= 0.6 is 11.8 Å². The lowest BCUT2D eigenvalue weighted by atomic mass is 10.2. The van der Waals surface area contributed by atoms with E-state index in [2.05, 4.69) is 6.92 Å². The Hall–Kier alpha value is 0.0200. The molecule has 0 spiro atoms. The average molecular weight is 132 g/mol. The molecule has 0 saturated carbocycles. The van der Waals surface area contributed by atoms with Crippen molar-refractivity contribution in [2.75, 3.05) is 5.75 Å². The Bertz CT molecular complexity index is 78.6. The van der Waals surface area contributed by atoms with Crippen LogP contribution in [0.5, 0.6) is 0 Å². The van der Waals surface area contributed by atoms with E-state index in [-0.39, 0.29) is 4.75 Å². The summed E-state index contributed by atoms with van der Waals surface area (Å²) in [5.74, 6) is 1.01. The first-order chi connectivity index (χ1) is 3.62. The predicted octanol–water partition coefficient (Wildman–Crippen LogP) is 1.72. The first kappa shape index (κ1) is 8.02. The van der Waals surface area contributed by atoms with E-state index in [1.54, 1.807) is 11.8 Å². The smallest absolute Gasteiger partial charge is 0.135 e. The molecule has 0 N–H and O–H groups in total. The molecular weight excluding hydrogens is 120 g/mol. The van der Waals surface area contributed by atoms with Gasteiger partial charge in [0.25, 0.3) is 0 Å². The van der Waals surface area contributed by atoms with Crippen LogP contribution in [0.3, 0.4) is 0 Å². The molecule has 0 radical (unpaired) electrons. The van der Waals surface area contributed by atoms with E-state index in [9.17, 15) is 4.79 Å². The van der Waals surface area contributed by atoms with Crippen molar-refractivity contribution in [2.45, 2.75) is 25.5 Å². The zero-order valence-corrected chi connectivity index (χ0v) is 6.42. The van der Waals surface area contributed by atoms with Gasteiger partial charge >= 0.3 is 0 Å². The molecule has 8 heavy (non-hydrogen) atoms. The summed E-state index contributed by atoms with van der Waals surface area (Å²) in [5, 5.41) is 0. The highest BCUT2D eigenvalue weighted by atomic mass is 32.2. The van der Waals surface area contributed by atoms with Crippen LogP contribution < -0.4 is 0 Å². The van der Waals surface area contributed by atoms with Gasteiger partial charge in [-0.3, -0.25) is 0 Å². The van der Waals surface area contributed by atoms with Gasteiger partial charge in [0.2, 0.25) is 0 Å². The number of hydrogen-bond acceptors (Lipinski definition) is 2. The summed E-state index contributed by atoms with van der Waals surface area (Å²) >= 11 is 1.67. The van der Waals surface area contributed by atoms with Crippen molar-refractivity contribution in [2.24, 2.45) is 0 Å². The van der Waals surface area contributed by atoms with Crippen molar-refractivity contribution in [3.63, 3.8) is 0 Å². The van der Waals surface area contributed by atoms with E-state index in [4.69, 9.17) is 0 Å². The van der Waals surface area contributed by atoms with E-state index >= 15 is 0 Å². The molecule has 0 unspecified atom stereocenters. The molecule has 1 nitrogen and oxygen atoms in total. The summed E-state index contributed by atoms with van der Waals surface area (Å²) in [7, 11) is 0. The van der Waals surface area contributed by atoms with Gasteiger partial charge in [0.1, 0.15) is 6.29 Å². The summed E-state index contributed by atoms with van der Waals surface area (Å²) in [6.07, 6.45) is 0.987. The van der Waals surface area contributed by atoms with Crippen LogP contribution in [0.15, 0.2) is 0 Å². The SMILES string of the molecule is CCSC(C)(C)C=O. The Kier molecular flexibility index (Phi) is 3.13. The fourth-order valence-electron chi connectivity index (χ4n) is 0.406. The maximum absolute atomic E-state index is 10.2. The Morgan fingerprint density at radius 1 is 1.62 bits per heavy atom. The molecule has 0 fully saturated rings. The number of hydrogen-bond donors (Lipinski definition) is 0. The monoisotopic (exact) mass is 132 g/mol. The predicted molar refractivity (Wildman–Crippen MR) is 38.3 cm³/mol. The maximum Gasteiger partial charge on any atom is 0.135 e. The molecule has 0 saturated heterocycles. The van der Waals surface area contributed by atoms with Gasteiger partial charge in [-0.25, -0.2) is 0 Å². The largest absolute Gasteiger partial charge is 0.302 e. The molecule has 0 aromatic heterocycles.